The molecule has 62 valence electrons. The Morgan fingerprint density at radius 1 is 1.55 bits per heavy atom. The predicted molar refractivity (Wildman–Crippen MR) is 44.5 cm³/mol. The number of thioether (sulfide) groups is 1. The van der Waals surface area contributed by atoms with Crippen molar-refractivity contribution in [2.24, 2.45) is 5.92 Å². The van der Waals surface area contributed by atoms with E-state index in [1.54, 1.807) is 0 Å². The Labute approximate surface area is 70.7 Å². The van der Waals surface area contributed by atoms with Crippen molar-refractivity contribution in [2.45, 2.75) is 30.6 Å². The van der Waals surface area contributed by atoms with E-state index in [0.29, 0.717) is 5.25 Å². The third-order valence-corrected chi connectivity index (χ3v) is 3.78. The van der Waals surface area contributed by atoms with Crippen LogP contribution in [-0.2, 0) is 9.53 Å². The van der Waals surface area contributed by atoms with E-state index in [9.17, 15) is 4.79 Å². The average molecular weight is 172 g/mol. The fourth-order valence-electron chi connectivity index (χ4n) is 1.95. The normalized spacial score (nSPS) is 42.3. The molecule has 2 rings (SSSR count). The zero-order chi connectivity index (χ0) is 7.84. The predicted octanol–water partition coefficient (Wildman–Crippen LogP) is 1.44. The van der Waals surface area contributed by atoms with Gasteiger partial charge in [-0.3, -0.25) is 4.79 Å². The Kier molecular flexibility index (Phi) is 1.83. The van der Waals surface area contributed by atoms with Crippen molar-refractivity contribution in [3.63, 3.8) is 0 Å². The molecule has 2 bridgehead atoms. The smallest absolute Gasteiger partial charge is 0.309 e. The van der Waals surface area contributed by atoms with E-state index < -0.39 is 0 Å². The highest BCUT2D eigenvalue weighted by molar-refractivity contribution is 7.99. The van der Waals surface area contributed by atoms with E-state index in [1.165, 1.54) is 0 Å². The number of rotatable bonds is 1. The van der Waals surface area contributed by atoms with E-state index in [2.05, 4.69) is 6.26 Å². The molecule has 2 aliphatic rings. The van der Waals surface area contributed by atoms with Crippen LogP contribution < -0.4 is 0 Å². The molecule has 1 aliphatic heterocycles. The topological polar surface area (TPSA) is 26.3 Å². The number of hydrogen-bond acceptors (Lipinski definition) is 3. The lowest BCUT2D eigenvalue weighted by Crippen LogP contribution is -2.25. The van der Waals surface area contributed by atoms with Crippen LogP contribution in [0, 0.1) is 5.92 Å². The summed E-state index contributed by atoms with van der Waals surface area (Å²) in [7, 11) is 0. The minimum Gasteiger partial charge on any atom is -0.461 e. The van der Waals surface area contributed by atoms with Crippen LogP contribution >= 0.6 is 11.8 Å². The molecule has 0 N–H and O–H groups in total. The molecule has 0 unspecified atom stereocenters. The van der Waals surface area contributed by atoms with E-state index in [4.69, 9.17) is 4.74 Å². The molecular weight excluding hydrogens is 160 g/mol. The van der Waals surface area contributed by atoms with Gasteiger partial charge in [0.2, 0.25) is 0 Å². The Balaban J connectivity index is 2.08. The Bertz CT molecular complexity index is 181. The first-order valence-electron chi connectivity index (χ1n) is 4.04. The summed E-state index contributed by atoms with van der Waals surface area (Å²) in [6, 6.07) is 0. The van der Waals surface area contributed by atoms with Gasteiger partial charge in [0.25, 0.3) is 0 Å². The minimum atomic E-state index is 0.0477. The van der Waals surface area contributed by atoms with Crippen molar-refractivity contribution >= 4 is 17.7 Å². The van der Waals surface area contributed by atoms with E-state index >= 15 is 0 Å². The van der Waals surface area contributed by atoms with Crippen molar-refractivity contribution in [1.82, 2.24) is 0 Å². The van der Waals surface area contributed by atoms with Gasteiger partial charge >= 0.3 is 5.97 Å². The highest BCUT2D eigenvalue weighted by Crippen LogP contribution is 2.38. The third kappa shape index (κ3) is 1.15. The van der Waals surface area contributed by atoms with Crippen molar-refractivity contribution in [2.75, 3.05) is 6.26 Å². The molecule has 2 fully saturated rings. The first kappa shape index (κ1) is 7.47. The van der Waals surface area contributed by atoms with Gasteiger partial charge in [-0.05, 0) is 25.5 Å². The van der Waals surface area contributed by atoms with Crippen LogP contribution in [0.2, 0.25) is 0 Å². The maximum absolute atomic E-state index is 11.1. The molecule has 0 aromatic carbocycles. The lowest BCUT2D eigenvalue weighted by Gasteiger charge is -2.23. The van der Waals surface area contributed by atoms with Gasteiger partial charge in [-0.15, -0.1) is 0 Å². The van der Waals surface area contributed by atoms with Gasteiger partial charge in [0.1, 0.15) is 6.10 Å². The van der Waals surface area contributed by atoms with Gasteiger partial charge in [-0.2, -0.15) is 11.8 Å². The second-order valence-electron chi connectivity index (χ2n) is 3.26. The lowest BCUT2D eigenvalue weighted by molar-refractivity contribution is -0.143. The van der Waals surface area contributed by atoms with Gasteiger partial charge in [0, 0.05) is 5.25 Å². The molecule has 1 saturated heterocycles. The van der Waals surface area contributed by atoms with Gasteiger partial charge in [-0.25, -0.2) is 0 Å². The van der Waals surface area contributed by atoms with Gasteiger partial charge < -0.3 is 4.74 Å². The van der Waals surface area contributed by atoms with Crippen molar-refractivity contribution in [3.05, 3.63) is 0 Å². The molecule has 1 heterocycles. The monoisotopic (exact) mass is 172 g/mol. The van der Waals surface area contributed by atoms with Crippen molar-refractivity contribution in [3.8, 4) is 0 Å². The number of carbonyl (C=O) groups is 1. The lowest BCUT2D eigenvalue weighted by atomic mass is 9.90. The zero-order valence-corrected chi connectivity index (χ0v) is 7.39. The highest BCUT2D eigenvalue weighted by atomic mass is 32.2. The Morgan fingerprint density at radius 2 is 2.36 bits per heavy atom. The summed E-state index contributed by atoms with van der Waals surface area (Å²) in [6.07, 6.45) is 5.50. The van der Waals surface area contributed by atoms with Crippen LogP contribution in [-0.4, -0.2) is 23.6 Å². The summed E-state index contributed by atoms with van der Waals surface area (Å²) < 4.78 is 5.23. The summed E-state index contributed by atoms with van der Waals surface area (Å²) in [6.45, 7) is 0. The van der Waals surface area contributed by atoms with E-state index in [1.807, 2.05) is 11.8 Å². The van der Waals surface area contributed by atoms with Crippen LogP contribution in [0.3, 0.4) is 0 Å². The Hall–Kier alpha value is -0.180. The standard InChI is InChI=1S/C8H12O2S/c1-11-7-3-2-5-4-6(7)10-8(5)9/h5-7H,2-4H2,1H3/t5-,6-,7-/m0/s1. The fourth-order valence-corrected chi connectivity index (χ4v) is 2.80. The van der Waals surface area contributed by atoms with Crippen LogP contribution in [0.5, 0.6) is 0 Å². The number of carbonyl (C=O) groups excluding carboxylic acids is 1. The quantitative estimate of drug-likeness (QED) is 0.560. The molecule has 0 aromatic heterocycles. The van der Waals surface area contributed by atoms with Crippen LogP contribution in [0.4, 0.5) is 0 Å². The summed E-state index contributed by atoms with van der Waals surface area (Å²) in [5, 5.41) is 0.567. The molecular formula is C8H12O2S. The van der Waals surface area contributed by atoms with Gasteiger partial charge in [0.15, 0.2) is 0 Å². The minimum absolute atomic E-state index is 0.0477. The molecule has 3 atom stereocenters. The summed E-state index contributed by atoms with van der Waals surface area (Å²) in [5.41, 5.74) is 0. The zero-order valence-electron chi connectivity index (χ0n) is 6.58. The molecule has 1 aliphatic carbocycles. The number of esters is 1. The number of fused-ring (bicyclic) bond motifs is 2. The van der Waals surface area contributed by atoms with Gasteiger partial charge in [-0.1, -0.05) is 0 Å². The summed E-state index contributed by atoms with van der Waals surface area (Å²) in [5.74, 6) is 0.287. The molecule has 2 nitrogen and oxygen atoms in total. The molecule has 0 spiro atoms. The molecule has 11 heavy (non-hydrogen) atoms. The third-order valence-electron chi connectivity index (χ3n) is 2.63. The molecule has 0 amide bonds. The molecule has 0 radical (unpaired) electrons. The maximum Gasteiger partial charge on any atom is 0.309 e. The molecule has 0 aromatic rings. The van der Waals surface area contributed by atoms with Crippen molar-refractivity contribution in [1.29, 1.82) is 0 Å². The number of hydrogen-bond donors (Lipinski definition) is 0. The first-order valence-corrected chi connectivity index (χ1v) is 5.33. The Morgan fingerprint density at radius 3 is 3.09 bits per heavy atom. The van der Waals surface area contributed by atoms with Crippen LogP contribution in [0.1, 0.15) is 19.3 Å². The van der Waals surface area contributed by atoms with E-state index in [-0.39, 0.29) is 18.0 Å². The molecule has 1 saturated carbocycles. The van der Waals surface area contributed by atoms with Gasteiger partial charge in [0.05, 0.1) is 5.92 Å². The SMILES string of the molecule is CS[C@H]1CC[C@H]2C[C@@H]1OC2=O. The van der Waals surface area contributed by atoms with Crippen molar-refractivity contribution < 1.29 is 9.53 Å². The largest absolute Gasteiger partial charge is 0.461 e. The fraction of sp³-hybridized carbons (Fsp3) is 0.875. The summed E-state index contributed by atoms with van der Waals surface area (Å²) in [4.78, 5) is 11.1. The summed E-state index contributed by atoms with van der Waals surface area (Å²) >= 11 is 1.83. The average Bonchev–Trinajstić information content (AvgIpc) is 2.30. The van der Waals surface area contributed by atoms with Crippen LogP contribution in [0.25, 0.3) is 0 Å². The molecule has 3 heteroatoms. The van der Waals surface area contributed by atoms with Crippen LogP contribution in [0.15, 0.2) is 0 Å². The second kappa shape index (κ2) is 2.70. The first-order chi connectivity index (χ1) is 5.31. The number of ether oxygens (including phenoxy) is 1. The second-order valence-corrected chi connectivity index (χ2v) is 4.34. The highest BCUT2D eigenvalue weighted by Gasteiger charge is 2.42. The van der Waals surface area contributed by atoms with E-state index in [0.717, 1.165) is 19.3 Å². The maximum atomic E-state index is 11.1.